The minimum Gasteiger partial charge on any atom is -0.487 e. The van der Waals surface area contributed by atoms with Crippen LogP contribution in [0.2, 0.25) is 0 Å². The molecule has 1 aliphatic rings. The molecule has 0 N–H and O–H groups in total. The van der Waals surface area contributed by atoms with Crippen molar-refractivity contribution in [1.82, 2.24) is 29.9 Å². The number of likely N-dealkylation sites (N-methyl/N-ethyl adjacent to an activating group) is 1. The lowest BCUT2D eigenvalue weighted by atomic mass is 10.2. The molecule has 0 atom stereocenters. The first-order valence-electron chi connectivity index (χ1n) is 10.5. The van der Waals surface area contributed by atoms with Gasteiger partial charge in [-0.05, 0) is 31.3 Å². The molecular formula is C22H22N8O3. The highest BCUT2D eigenvalue weighted by molar-refractivity contribution is 5.90. The van der Waals surface area contributed by atoms with E-state index in [1.54, 1.807) is 24.7 Å². The molecule has 5 rings (SSSR count). The van der Waals surface area contributed by atoms with E-state index < -0.39 is 4.92 Å². The highest BCUT2D eigenvalue weighted by Gasteiger charge is 2.18. The van der Waals surface area contributed by atoms with Crippen molar-refractivity contribution in [3.05, 3.63) is 70.8 Å². The normalized spacial score (nSPS) is 14.5. The number of aromatic nitrogens is 5. The first-order valence-corrected chi connectivity index (χ1v) is 10.5. The van der Waals surface area contributed by atoms with Crippen LogP contribution >= 0.6 is 0 Å². The quantitative estimate of drug-likeness (QED) is 0.325. The molecule has 0 bridgehead atoms. The molecule has 0 radical (unpaired) electrons. The Bertz CT molecular complexity index is 1300. The SMILES string of the molecule is CN1CCN(c2ncnc3ccc(OCc4cn(-c5cccc([N+](=O)[O-])c5)nn4)cc23)CC1. The van der Waals surface area contributed by atoms with Gasteiger partial charge in [0.2, 0.25) is 0 Å². The number of ether oxygens (including phenoxy) is 1. The van der Waals surface area contributed by atoms with Gasteiger partial charge >= 0.3 is 0 Å². The summed E-state index contributed by atoms with van der Waals surface area (Å²) in [7, 11) is 2.12. The third kappa shape index (κ3) is 4.44. The summed E-state index contributed by atoms with van der Waals surface area (Å²) in [5.41, 5.74) is 2.02. The fourth-order valence-electron chi connectivity index (χ4n) is 3.78. The van der Waals surface area contributed by atoms with Gasteiger partial charge < -0.3 is 14.5 Å². The summed E-state index contributed by atoms with van der Waals surface area (Å²) in [6, 6.07) is 12.0. The lowest BCUT2D eigenvalue weighted by molar-refractivity contribution is -0.384. The van der Waals surface area contributed by atoms with Crippen LogP contribution < -0.4 is 9.64 Å². The second-order valence-electron chi connectivity index (χ2n) is 7.89. The number of nitro groups is 1. The summed E-state index contributed by atoms with van der Waals surface area (Å²) in [5, 5.41) is 20.1. The van der Waals surface area contributed by atoms with Gasteiger partial charge in [0.05, 0.1) is 22.3 Å². The highest BCUT2D eigenvalue weighted by Crippen LogP contribution is 2.28. The molecule has 33 heavy (non-hydrogen) atoms. The Morgan fingerprint density at radius 1 is 1.09 bits per heavy atom. The smallest absolute Gasteiger partial charge is 0.271 e. The fraction of sp³-hybridized carbons (Fsp3) is 0.273. The van der Waals surface area contributed by atoms with Gasteiger partial charge in [0, 0.05) is 43.7 Å². The Hall–Kier alpha value is -4.12. The fourth-order valence-corrected chi connectivity index (χ4v) is 3.78. The zero-order valence-electron chi connectivity index (χ0n) is 18.0. The first kappa shape index (κ1) is 20.8. The van der Waals surface area contributed by atoms with E-state index in [4.69, 9.17) is 4.74 Å². The van der Waals surface area contributed by atoms with E-state index in [-0.39, 0.29) is 12.3 Å². The molecular weight excluding hydrogens is 424 g/mol. The number of nitro benzene ring substituents is 1. The Labute approximate surface area is 189 Å². The first-order chi connectivity index (χ1) is 16.1. The van der Waals surface area contributed by atoms with Gasteiger partial charge in [-0.3, -0.25) is 10.1 Å². The Kier molecular flexibility index (Phi) is 5.53. The number of piperazine rings is 1. The van der Waals surface area contributed by atoms with E-state index in [2.05, 4.69) is 37.1 Å². The van der Waals surface area contributed by atoms with Crippen LogP contribution in [0.5, 0.6) is 5.75 Å². The summed E-state index contributed by atoms with van der Waals surface area (Å²) in [4.78, 5) is 24.1. The van der Waals surface area contributed by atoms with Crippen molar-refractivity contribution in [1.29, 1.82) is 0 Å². The summed E-state index contributed by atoms with van der Waals surface area (Å²) in [6.45, 7) is 4.00. The number of benzene rings is 2. The molecule has 4 aromatic rings. The van der Waals surface area contributed by atoms with E-state index in [0.717, 1.165) is 42.9 Å². The van der Waals surface area contributed by atoms with Gasteiger partial charge in [-0.1, -0.05) is 11.3 Å². The molecule has 2 aromatic carbocycles. The maximum atomic E-state index is 11.0. The topological polar surface area (TPSA) is 115 Å². The molecule has 0 unspecified atom stereocenters. The molecule has 11 heteroatoms. The highest BCUT2D eigenvalue weighted by atomic mass is 16.6. The molecule has 0 aliphatic carbocycles. The van der Waals surface area contributed by atoms with Crippen LogP contribution in [0.3, 0.4) is 0 Å². The lowest BCUT2D eigenvalue weighted by Crippen LogP contribution is -2.44. The van der Waals surface area contributed by atoms with Crippen molar-refractivity contribution in [2.75, 3.05) is 38.1 Å². The number of anilines is 1. The average Bonchev–Trinajstić information content (AvgIpc) is 3.32. The Balaban J connectivity index is 1.33. The molecule has 168 valence electrons. The molecule has 2 aromatic heterocycles. The molecule has 1 aliphatic heterocycles. The van der Waals surface area contributed by atoms with Crippen molar-refractivity contribution in [3.63, 3.8) is 0 Å². The third-order valence-electron chi connectivity index (χ3n) is 5.62. The van der Waals surface area contributed by atoms with Crippen molar-refractivity contribution in [2.45, 2.75) is 6.61 Å². The molecule has 0 amide bonds. The van der Waals surface area contributed by atoms with Crippen LogP contribution in [0.1, 0.15) is 5.69 Å². The van der Waals surface area contributed by atoms with Crippen LogP contribution in [-0.2, 0) is 6.61 Å². The monoisotopic (exact) mass is 446 g/mol. The minimum absolute atomic E-state index is 0.00432. The third-order valence-corrected chi connectivity index (χ3v) is 5.62. The van der Waals surface area contributed by atoms with Crippen molar-refractivity contribution >= 4 is 22.4 Å². The van der Waals surface area contributed by atoms with Gasteiger partial charge in [0.15, 0.2) is 0 Å². The molecule has 11 nitrogen and oxygen atoms in total. The predicted octanol–water partition coefficient (Wildman–Crippen LogP) is 2.45. The lowest BCUT2D eigenvalue weighted by Gasteiger charge is -2.33. The van der Waals surface area contributed by atoms with Crippen LogP contribution in [0.15, 0.2) is 55.0 Å². The molecule has 3 heterocycles. The Morgan fingerprint density at radius 3 is 2.76 bits per heavy atom. The van der Waals surface area contributed by atoms with E-state index in [9.17, 15) is 10.1 Å². The maximum absolute atomic E-state index is 11.0. The number of fused-ring (bicyclic) bond motifs is 1. The zero-order valence-corrected chi connectivity index (χ0v) is 18.0. The second kappa shape index (κ2) is 8.79. The van der Waals surface area contributed by atoms with Gasteiger partial charge in [0.1, 0.15) is 30.2 Å². The van der Waals surface area contributed by atoms with Crippen LogP contribution in [0, 0.1) is 10.1 Å². The van der Waals surface area contributed by atoms with E-state index in [1.807, 2.05) is 18.2 Å². The number of hydrogen-bond acceptors (Lipinski definition) is 9. The summed E-state index contributed by atoms with van der Waals surface area (Å²) >= 11 is 0. The molecule has 1 saturated heterocycles. The summed E-state index contributed by atoms with van der Waals surface area (Å²) < 4.78 is 7.46. The maximum Gasteiger partial charge on any atom is 0.271 e. The van der Waals surface area contributed by atoms with Crippen LogP contribution in [-0.4, -0.2) is 68.0 Å². The van der Waals surface area contributed by atoms with Crippen molar-refractivity contribution in [3.8, 4) is 11.4 Å². The predicted molar refractivity (Wildman–Crippen MR) is 122 cm³/mol. The van der Waals surface area contributed by atoms with Crippen molar-refractivity contribution in [2.24, 2.45) is 0 Å². The molecule has 0 spiro atoms. The number of rotatable bonds is 6. The molecule has 1 fully saturated rings. The van der Waals surface area contributed by atoms with Crippen LogP contribution in [0.25, 0.3) is 16.6 Å². The standard InChI is InChI=1S/C22H22N8O3/c1-27-7-9-28(10-8-27)22-20-12-19(5-6-21(20)23-15-24-22)33-14-16-13-29(26-25-16)17-3-2-4-18(11-17)30(31)32/h2-6,11-13,15H,7-10,14H2,1H3. The number of nitrogens with zero attached hydrogens (tertiary/aromatic N) is 8. The van der Waals surface area contributed by atoms with Crippen molar-refractivity contribution < 1.29 is 9.66 Å². The number of hydrogen-bond donors (Lipinski definition) is 0. The Morgan fingerprint density at radius 2 is 1.94 bits per heavy atom. The zero-order chi connectivity index (χ0) is 22.8. The van der Waals surface area contributed by atoms with Gasteiger partial charge in [0.25, 0.3) is 5.69 Å². The van der Waals surface area contributed by atoms with Crippen LogP contribution in [0.4, 0.5) is 11.5 Å². The number of non-ortho nitro benzene ring substituents is 1. The summed E-state index contributed by atoms with van der Waals surface area (Å²) in [6.07, 6.45) is 3.29. The summed E-state index contributed by atoms with van der Waals surface area (Å²) in [5.74, 6) is 1.59. The van der Waals surface area contributed by atoms with Gasteiger partial charge in [-0.2, -0.15) is 0 Å². The van der Waals surface area contributed by atoms with Gasteiger partial charge in [-0.25, -0.2) is 14.6 Å². The average molecular weight is 446 g/mol. The second-order valence-corrected chi connectivity index (χ2v) is 7.89. The van der Waals surface area contributed by atoms with E-state index >= 15 is 0 Å². The van der Waals surface area contributed by atoms with Gasteiger partial charge in [-0.15, -0.1) is 5.10 Å². The largest absolute Gasteiger partial charge is 0.487 e. The van der Waals surface area contributed by atoms with E-state index in [0.29, 0.717) is 17.1 Å². The molecule has 0 saturated carbocycles. The minimum atomic E-state index is -0.440. The van der Waals surface area contributed by atoms with E-state index in [1.165, 1.54) is 16.8 Å².